The summed E-state index contributed by atoms with van der Waals surface area (Å²) in [6, 6.07) is 8.59. The van der Waals surface area contributed by atoms with Crippen LogP contribution in [0.4, 0.5) is 5.69 Å². The lowest BCUT2D eigenvalue weighted by Crippen LogP contribution is -2.45. The van der Waals surface area contributed by atoms with Crippen molar-refractivity contribution >= 4 is 23.5 Å². The minimum atomic E-state index is -0.519. The molecule has 29 heavy (non-hydrogen) atoms. The van der Waals surface area contributed by atoms with Crippen LogP contribution in [0.2, 0.25) is 0 Å². The Labute approximate surface area is 171 Å². The first-order valence-electron chi connectivity index (χ1n) is 10.1. The van der Waals surface area contributed by atoms with E-state index >= 15 is 0 Å². The maximum atomic E-state index is 12.5. The molecule has 1 heterocycles. The largest absolute Gasteiger partial charge is 0.455 e. The molecule has 0 spiro atoms. The topological polar surface area (TPSA) is 99.5 Å². The lowest BCUT2D eigenvalue weighted by molar-refractivity contribution is -0.151. The van der Waals surface area contributed by atoms with Crippen LogP contribution in [0, 0.1) is 29.1 Å². The van der Waals surface area contributed by atoms with Gasteiger partial charge in [-0.2, -0.15) is 5.26 Å². The maximum absolute atomic E-state index is 12.5. The smallest absolute Gasteiger partial charge is 0.311 e. The molecule has 0 unspecified atom stereocenters. The van der Waals surface area contributed by atoms with Crippen molar-refractivity contribution in [3.8, 4) is 6.07 Å². The van der Waals surface area contributed by atoms with Crippen LogP contribution in [0.1, 0.15) is 45.1 Å². The normalized spacial score (nSPS) is 26.7. The number of ether oxygens (including phenoxy) is 1. The Morgan fingerprint density at radius 1 is 1.24 bits per heavy atom. The van der Waals surface area contributed by atoms with E-state index in [2.05, 4.69) is 19.2 Å². The molecule has 2 fully saturated rings. The van der Waals surface area contributed by atoms with Gasteiger partial charge in [0.1, 0.15) is 0 Å². The molecule has 1 saturated carbocycles. The highest BCUT2D eigenvalue weighted by Crippen LogP contribution is 2.35. The highest BCUT2D eigenvalue weighted by Gasteiger charge is 2.42. The molecule has 1 aliphatic heterocycles. The average Bonchev–Trinajstić information content (AvgIpc) is 3.10. The van der Waals surface area contributed by atoms with Crippen molar-refractivity contribution in [3.63, 3.8) is 0 Å². The Balaban J connectivity index is 1.48. The molecule has 154 valence electrons. The molecular weight excluding hydrogens is 370 g/mol. The maximum Gasteiger partial charge on any atom is 0.311 e. The second kappa shape index (κ2) is 9.08. The Morgan fingerprint density at radius 2 is 1.97 bits per heavy atom. The van der Waals surface area contributed by atoms with E-state index in [4.69, 9.17) is 10.00 Å². The number of hydrogen-bond acceptors (Lipinski definition) is 5. The summed E-state index contributed by atoms with van der Waals surface area (Å²) < 4.78 is 5.15. The standard InChI is InChI=1S/C22H27N3O4/c1-14-4-3-5-19(15(14)2)25-12-17(10-21(25)27)22(28)29-13-20(26)24-18-8-6-16(11-23)7-9-18/h6-9,14-15,17,19H,3-5,10,12-13H2,1-2H3,(H,24,26)/t14-,15-,17-,19+/m1/s1. The van der Waals surface area contributed by atoms with Gasteiger partial charge in [0.25, 0.3) is 5.91 Å². The number of esters is 1. The highest BCUT2D eigenvalue weighted by molar-refractivity contribution is 5.93. The monoisotopic (exact) mass is 397 g/mol. The number of anilines is 1. The van der Waals surface area contributed by atoms with Gasteiger partial charge in [-0.05, 0) is 42.5 Å². The van der Waals surface area contributed by atoms with E-state index in [0.717, 1.165) is 12.8 Å². The molecule has 0 radical (unpaired) electrons. The van der Waals surface area contributed by atoms with Gasteiger partial charge in [-0.25, -0.2) is 0 Å². The Morgan fingerprint density at radius 3 is 2.66 bits per heavy atom. The van der Waals surface area contributed by atoms with E-state index in [1.54, 1.807) is 24.3 Å². The fourth-order valence-corrected chi connectivity index (χ4v) is 4.28. The molecule has 2 aliphatic rings. The zero-order chi connectivity index (χ0) is 21.0. The van der Waals surface area contributed by atoms with Gasteiger partial charge in [-0.1, -0.05) is 26.7 Å². The molecule has 7 nitrogen and oxygen atoms in total. The van der Waals surface area contributed by atoms with Crippen molar-refractivity contribution in [1.29, 1.82) is 5.26 Å². The summed E-state index contributed by atoms with van der Waals surface area (Å²) in [6.45, 7) is 4.37. The molecule has 3 rings (SSSR count). The van der Waals surface area contributed by atoms with E-state index in [1.165, 1.54) is 6.42 Å². The zero-order valence-electron chi connectivity index (χ0n) is 16.9. The molecule has 1 aromatic carbocycles. The predicted octanol–water partition coefficient (Wildman–Crippen LogP) is 2.71. The number of hydrogen-bond donors (Lipinski definition) is 1. The van der Waals surface area contributed by atoms with E-state index in [9.17, 15) is 14.4 Å². The molecule has 0 aromatic heterocycles. The van der Waals surface area contributed by atoms with Crippen LogP contribution in [0.25, 0.3) is 0 Å². The third kappa shape index (κ3) is 4.94. The fourth-order valence-electron chi connectivity index (χ4n) is 4.28. The van der Waals surface area contributed by atoms with Gasteiger partial charge in [0.2, 0.25) is 5.91 Å². The lowest BCUT2D eigenvalue weighted by atomic mass is 9.77. The Kier molecular flexibility index (Phi) is 6.53. The van der Waals surface area contributed by atoms with E-state index in [-0.39, 0.29) is 18.4 Å². The first-order valence-corrected chi connectivity index (χ1v) is 10.1. The van der Waals surface area contributed by atoms with E-state index in [0.29, 0.717) is 29.6 Å². The van der Waals surface area contributed by atoms with Gasteiger partial charge in [-0.15, -0.1) is 0 Å². The Bertz CT molecular complexity index is 814. The summed E-state index contributed by atoms with van der Waals surface area (Å²) in [5.74, 6) is -0.500. The van der Waals surface area contributed by atoms with Crippen LogP contribution in [-0.4, -0.2) is 41.9 Å². The quantitative estimate of drug-likeness (QED) is 0.770. The van der Waals surface area contributed by atoms with E-state index in [1.807, 2.05) is 11.0 Å². The van der Waals surface area contributed by atoms with Crippen LogP contribution in [0.3, 0.4) is 0 Å². The van der Waals surface area contributed by atoms with Gasteiger partial charge in [0.05, 0.1) is 17.6 Å². The number of nitrogens with zero attached hydrogens (tertiary/aromatic N) is 2. The van der Waals surface area contributed by atoms with Crippen LogP contribution < -0.4 is 5.32 Å². The van der Waals surface area contributed by atoms with Crippen LogP contribution in [0.5, 0.6) is 0 Å². The third-order valence-electron chi connectivity index (χ3n) is 6.20. The average molecular weight is 397 g/mol. The number of rotatable bonds is 5. The minimum absolute atomic E-state index is 0.0000610. The summed E-state index contributed by atoms with van der Waals surface area (Å²) in [6.07, 6.45) is 3.41. The summed E-state index contributed by atoms with van der Waals surface area (Å²) in [5, 5.41) is 11.4. The first kappa shape index (κ1) is 20.8. The minimum Gasteiger partial charge on any atom is -0.455 e. The van der Waals surface area contributed by atoms with Crippen LogP contribution in [0.15, 0.2) is 24.3 Å². The number of likely N-dealkylation sites (tertiary alicyclic amines) is 1. The molecular formula is C22H27N3O4. The molecule has 1 saturated heterocycles. The number of carbonyl (C=O) groups is 3. The number of nitrogens with one attached hydrogen (secondary N) is 1. The molecule has 4 atom stereocenters. The lowest BCUT2D eigenvalue weighted by Gasteiger charge is -2.39. The van der Waals surface area contributed by atoms with Gasteiger partial charge < -0.3 is 15.0 Å². The van der Waals surface area contributed by atoms with Crippen molar-refractivity contribution in [1.82, 2.24) is 4.90 Å². The number of benzene rings is 1. The highest BCUT2D eigenvalue weighted by atomic mass is 16.5. The summed E-state index contributed by atoms with van der Waals surface area (Å²) in [5.41, 5.74) is 1.01. The molecule has 2 amide bonds. The van der Waals surface area contributed by atoms with Gasteiger partial charge in [0, 0.05) is 24.7 Å². The third-order valence-corrected chi connectivity index (χ3v) is 6.20. The molecule has 0 bridgehead atoms. The van der Waals surface area contributed by atoms with Crippen LogP contribution in [-0.2, 0) is 19.1 Å². The SMILES string of the molecule is C[C@@H]1[C@H](C)CCC[C@@H]1N1C[C@H](C(=O)OCC(=O)Nc2ccc(C#N)cc2)CC1=O. The Hall–Kier alpha value is -2.88. The first-order chi connectivity index (χ1) is 13.9. The number of nitriles is 1. The van der Waals surface area contributed by atoms with E-state index < -0.39 is 24.4 Å². The summed E-state index contributed by atoms with van der Waals surface area (Å²) in [4.78, 5) is 38.7. The second-order valence-electron chi connectivity index (χ2n) is 8.13. The van der Waals surface area contributed by atoms with Crippen molar-refractivity contribution in [3.05, 3.63) is 29.8 Å². The molecule has 1 aromatic rings. The van der Waals surface area contributed by atoms with Crippen molar-refractivity contribution in [2.75, 3.05) is 18.5 Å². The molecule has 1 N–H and O–H groups in total. The summed E-state index contributed by atoms with van der Waals surface area (Å²) in [7, 11) is 0. The van der Waals surface area contributed by atoms with Gasteiger partial charge >= 0.3 is 5.97 Å². The van der Waals surface area contributed by atoms with Crippen LogP contribution >= 0.6 is 0 Å². The molecule has 7 heteroatoms. The van der Waals surface area contributed by atoms with Gasteiger partial charge in [0.15, 0.2) is 6.61 Å². The second-order valence-corrected chi connectivity index (χ2v) is 8.13. The fraction of sp³-hybridized carbons (Fsp3) is 0.545. The van der Waals surface area contributed by atoms with Crippen molar-refractivity contribution in [2.45, 2.75) is 45.6 Å². The van der Waals surface area contributed by atoms with Crippen molar-refractivity contribution < 1.29 is 19.1 Å². The number of amides is 2. The zero-order valence-corrected chi connectivity index (χ0v) is 16.9. The van der Waals surface area contributed by atoms with Gasteiger partial charge in [-0.3, -0.25) is 14.4 Å². The summed E-state index contributed by atoms with van der Waals surface area (Å²) >= 11 is 0. The van der Waals surface area contributed by atoms with Crippen molar-refractivity contribution in [2.24, 2.45) is 17.8 Å². The molecule has 1 aliphatic carbocycles. The predicted molar refractivity (Wildman–Crippen MR) is 107 cm³/mol. The number of carbonyl (C=O) groups excluding carboxylic acids is 3.